The molecule has 0 aliphatic heterocycles. The van der Waals surface area contributed by atoms with E-state index < -0.39 is 0 Å². The molecule has 0 fully saturated rings. The fourth-order valence-electron chi connectivity index (χ4n) is 0.791. The summed E-state index contributed by atoms with van der Waals surface area (Å²) in [6, 6.07) is 2.07. The van der Waals surface area contributed by atoms with Gasteiger partial charge in [-0.25, -0.2) is 0 Å². The van der Waals surface area contributed by atoms with Gasteiger partial charge in [-0.15, -0.1) is 0 Å². The molecule has 0 bridgehead atoms. The lowest BCUT2D eigenvalue weighted by Crippen LogP contribution is -2.04. The molecule has 0 atom stereocenters. The van der Waals surface area contributed by atoms with E-state index >= 15 is 0 Å². The minimum Gasteiger partial charge on any atom is -0.396 e. The lowest BCUT2D eigenvalue weighted by Gasteiger charge is -1.92. The van der Waals surface area contributed by atoms with E-state index in [2.05, 4.69) is 19.3 Å². The maximum absolute atomic E-state index is 8.57. The second-order valence-electron chi connectivity index (χ2n) is 1.98. The van der Waals surface area contributed by atoms with Crippen LogP contribution in [-0.2, 0) is 6.42 Å². The highest BCUT2D eigenvalue weighted by Crippen LogP contribution is 2.01. The Morgan fingerprint density at radius 2 is 2.44 bits per heavy atom. The third-order valence-corrected chi connectivity index (χ3v) is 2.24. The molecule has 0 aromatic carbocycles. The fraction of sp³-hybridized carbons (Fsp3) is 0.333. The van der Waals surface area contributed by atoms with Crippen molar-refractivity contribution < 1.29 is 5.11 Å². The van der Waals surface area contributed by atoms with E-state index in [0.717, 1.165) is 6.42 Å². The molecule has 0 saturated heterocycles. The Morgan fingerprint density at radius 3 is 2.89 bits per heavy atom. The summed E-state index contributed by atoms with van der Waals surface area (Å²) in [7, 11) is 2.08. The van der Waals surface area contributed by atoms with Gasteiger partial charge in [0, 0.05) is 6.61 Å². The first-order chi connectivity index (χ1) is 4.34. The zero-order valence-corrected chi connectivity index (χ0v) is 6.24. The van der Waals surface area contributed by atoms with Crippen molar-refractivity contribution in [3.63, 3.8) is 0 Å². The quantitative estimate of drug-likeness (QED) is 0.551. The molecule has 1 N–H and O–H groups in total. The molecule has 1 heterocycles. The van der Waals surface area contributed by atoms with Gasteiger partial charge in [-0.2, -0.15) is 11.3 Å². The van der Waals surface area contributed by atoms with Crippen molar-refractivity contribution in [1.29, 1.82) is 0 Å². The largest absolute Gasteiger partial charge is 0.396 e. The number of aliphatic hydroxyl groups is 1. The zero-order valence-electron chi connectivity index (χ0n) is 5.42. The highest BCUT2D eigenvalue weighted by molar-refractivity contribution is 7.18. The van der Waals surface area contributed by atoms with Gasteiger partial charge in [-0.1, -0.05) is 0 Å². The predicted octanol–water partition coefficient (Wildman–Crippen LogP) is -0.459. The van der Waals surface area contributed by atoms with Crippen LogP contribution in [0.15, 0.2) is 11.4 Å². The van der Waals surface area contributed by atoms with Gasteiger partial charge in [-0.3, -0.25) is 0 Å². The van der Waals surface area contributed by atoms with Crippen LogP contribution in [-0.4, -0.2) is 19.6 Å². The predicted molar refractivity (Wildman–Crippen MR) is 43.3 cm³/mol. The van der Waals surface area contributed by atoms with E-state index in [0.29, 0.717) is 0 Å². The molecular formula is C6H9BOS. The molecule has 48 valence electrons. The summed E-state index contributed by atoms with van der Waals surface area (Å²) in [6.45, 7) is 0.261. The van der Waals surface area contributed by atoms with Gasteiger partial charge in [0.1, 0.15) is 0 Å². The van der Waals surface area contributed by atoms with Crippen molar-refractivity contribution in [3.8, 4) is 0 Å². The summed E-state index contributed by atoms with van der Waals surface area (Å²) in [5, 5.41) is 10.6. The topological polar surface area (TPSA) is 20.2 Å². The average molecular weight is 140 g/mol. The molecule has 0 radical (unpaired) electrons. The van der Waals surface area contributed by atoms with Crippen LogP contribution in [0.3, 0.4) is 0 Å². The lowest BCUT2D eigenvalue weighted by molar-refractivity contribution is 0.300. The van der Waals surface area contributed by atoms with Crippen molar-refractivity contribution in [2.24, 2.45) is 0 Å². The Labute approximate surface area is 59.7 Å². The summed E-state index contributed by atoms with van der Waals surface area (Å²) in [6.07, 6.45) is 0.801. The first-order valence-corrected chi connectivity index (χ1v) is 3.86. The molecule has 0 spiro atoms. The van der Waals surface area contributed by atoms with Crippen LogP contribution in [0.2, 0.25) is 0 Å². The van der Waals surface area contributed by atoms with Crippen LogP contribution in [0.5, 0.6) is 0 Å². The molecule has 0 unspecified atom stereocenters. The summed E-state index contributed by atoms with van der Waals surface area (Å²) in [5.74, 6) is 0. The third-order valence-electron chi connectivity index (χ3n) is 1.35. The first kappa shape index (κ1) is 6.84. The van der Waals surface area contributed by atoms with Crippen LogP contribution >= 0.6 is 11.3 Å². The number of hydrogen-bond donors (Lipinski definition) is 1. The second kappa shape index (κ2) is 3.04. The molecule has 0 amide bonds. The second-order valence-corrected chi connectivity index (χ2v) is 3.10. The van der Waals surface area contributed by atoms with Crippen LogP contribution in [0, 0.1) is 0 Å². The van der Waals surface area contributed by atoms with Gasteiger partial charge >= 0.3 is 0 Å². The maximum atomic E-state index is 8.57. The summed E-state index contributed by atoms with van der Waals surface area (Å²) >= 11 is 1.73. The molecular weight excluding hydrogens is 131 g/mol. The Balaban J connectivity index is 2.69. The third kappa shape index (κ3) is 1.56. The van der Waals surface area contributed by atoms with Crippen molar-refractivity contribution in [2.45, 2.75) is 6.42 Å². The normalized spacial score (nSPS) is 9.89. The molecule has 1 aromatic heterocycles. The van der Waals surface area contributed by atoms with Gasteiger partial charge < -0.3 is 5.11 Å². The molecule has 9 heavy (non-hydrogen) atoms. The van der Waals surface area contributed by atoms with Gasteiger partial charge in [0.2, 0.25) is 0 Å². The molecule has 0 aliphatic carbocycles. The van der Waals surface area contributed by atoms with E-state index in [1.807, 2.05) is 0 Å². The van der Waals surface area contributed by atoms with E-state index in [1.54, 1.807) is 11.3 Å². The van der Waals surface area contributed by atoms with E-state index in [-0.39, 0.29) is 6.61 Å². The monoisotopic (exact) mass is 140 g/mol. The van der Waals surface area contributed by atoms with Gasteiger partial charge in [0.15, 0.2) is 7.85 Å². The molecule has 1 rings (SSSR count). The summed E-state index contributed by atoms with van der Waals surface area (Å²) < 4.78 is 1.32. The fourth-order valence-corrected chi connectivity index (χ4v) is 1.55. The average Bonchev–Trinajstić information content (AvgIpc) is 2.18. The Bertz CT molecular complexity index is 185. The van der Waals surface area contributed by atoms with E-state index in [9.17, 15) is 0 Å². The van der Waals surface area contributed by atoms with Crippen LogP contribution < -0.4 is 4.78 Å². The SMILES string of the molecule is Bc1sccc1CCO. The molecule has 1 aromatic rings. The highest BCUT2D eigenvalue weighted by Gasteiger charge is 1.95. The zero-order chi connectivity index (χ0) is 6.69. The number of thiophene rings is 1. The number of rotatable bonds is 2. The summed E-state index contributed by atoms with van der Waals surface area (Å²) in [5.41, 5.74) is 1.28. The molecule has 0 saturated carbocycles. The highest BCUT2D eigenvalue weighted by atomic mass is 32.1. The van der Waals surface area contributed by atoms with Gasteiger partial charge in [-0.05, 0) is 28.2 Å². The van der Waals surface area contributed by atoms with Gasteiger partial charge in [0.25, 0.3) is 0 Å². The smallest absolute Gasteiger partial charge is 0.152 e. The van der Waals surface area contributed by atoms with Crippen molar-refractivity contribution in [3.05, 3.63) is 17.0 Å². The van der Waals surface area contributed by atoms with Crippen LogP contribution in [0.25, 0.3) is 0 Å². The standard InChI is InChI=1S/C6H9BOS/c7-6-5(1-3-8)2-4-9-6/h2,4,8H,1,3,7H2. The number of aliphatic hydroxyl groups excluding tert-OH is 1. The van der Waals surface area contributed by atoms with Crippen LogP contribution in [0.4, 0.5) is 0 Å². The van der Waals surface area contributed by atoms with Gasteiger partial charge in [0.05, 0.1) is 0 Å². The van der Waals surface area contributed by atoms with Crippen molar-refractivity contribution in [1.82, 2.24) is 0 Å². The van der Waals surface area contributed by atoms with Crippen molar-refractivity contribution in [2.75, 3.05) is 6.61 Å². The minimum absolute atomic E-state index is 0.261. The maximum Gasteiger partial charge on any atom is 0.152 e. The van der Waals surface area contributed by atoms with Crippen LogP contribution in [0.1, 0.15) is 5.56 Å². The van der Waals surface area contributed by atoms with E-state index in [1.165, 1.54) is 10.3 Å². The molecule has 0 aliphatic rings. The van der Waals surface area contributed by atoms with Crippen molar-refractivity contribution >= 4 is 24.0 Å². The Kier molecular flexibility index (Phi) is 2.31. The minimum atomic E-state index is 0.261. The summed E-state index contributed by atoms with van der Waals surface area (Å²) in [4.78, 5) is 0. The lowest BCUT2D eigenvalue weighted by atomic mass is 10.0. The molecule has 1 nitrogen and oxygen atoms in total. The Morgan fingerprint density at radius 1 is 1.67 bits per heavy atom. The molecule has 3 heteroatoms. The number of hydrogen-bond acceptors (Lipinski definition) is 2. The van der Waals surface area contributed by atoms with E-state index in [4.69, 9.17) is 5.11 Å². The first-order valence-electron chi connectivity index (χ1n) is 2.98. The Hall–Kier alpha value is -0.275.